The van der Waals surface area contributed by atoms with Crippen molar-refractivity contribution >= 4 is 11.9 Å². The lowest BCUT2D eigenvalue weighted by Crippen LogP contribution is -2.44. The molecule has 1 fully saturated rings. The summed E-state index contributed by atoms with van der Waals surface area (Å²) in [5.74, 6) is -0.402. The molecule has 7 heteroatoms. The zero-order valence-electron chi connectivity index (χ0n) is 15.8. The number of hydrogen-bond donors (Lipinski definition) is 0. The minimum Gasteiger partial charge on any atom is -0.480 e. The van der Waals surface area contributed by atoms with E-state index >= 15 is 0 Å². The third-order valence-corrected chi connectivity index (χ3v) is 4.64. The van der Waals surface area contributed by atoms with Crippen LogP contribution in [0.2, 0.25) is 0 Å². The molecular weight excluding hydrogens is 346 g/mol. The van der Waals surface area contributed by atoms with Gasteiger partial charge in [0.15, 0.2) is 12.4 Å². The Morgan fingerprint density at radius 2 is 2.00 bits per heavy atom. The van der Waals surface area contributed by atoms with Gasteiger partial charge in [0.2, 0.25) is 5.69 Å². The van der Waals surface area contributed by atoms with Crippen molar-refractivity contribution in [1.29, 1.82) is 0 Å². The lowest BCUT2D eigenvalue weighted by Gasteiger charge is -2.33. The minimum atomic E-state index is -0.569. The fourth-order valence-corrected chi connectivity index (χ4v) is 3.21. The predicted molar refractivity (Wildman–Crippen MR) is 100 cm³/mol. The van der Waals surface area contributed by atoms with Crippen LogP contribution in [0.4, 0.5) is 0 Å². The van der Waals surface area contributed by atoms with Crippen molar-refractivity contribution < 1.29 is 19.1 Å². The van der Waals surface area contributed by atoms with Gasteiger partial charge in [-0.25, -0.2) is 9.48 Å². The molecule has 0 radical (unpaired) electrons. The number of carbonyl (C=O) groups is 2. The summed E-state index contributed by atoms with van der Waals surface area (Å²) in [6.07, 6.45) is 4.76. The molecule has 27 heavy (non-hydrogen) atoms. The largest absolute Gasteiger partial charge is 0.480 e. The van der Waals surface area contributed by atoms with Gasteiger partial charge in [0.1, 0.15) is 0 Å². The number of rotatable bonds is 6. The molecule has 1 atom stereocenters. The van der Waals surface area contributed by atoms with Crippen LogP contribution in [0.1, 0.15) is 43.6 Å². The van der Waals surface area contributed by atoms with Crippen molar-refractivity contribution in [2.45, 2.75) is 39.2 Å². The van der Waals surface area contributed by atoms with E-state index in [4.69, 9.17) is 9.47 Å². The Morgan fingerprint density at radius 3 is 2.70 bits per heavy atom. The van der Waals surface area contributed by atoms with Gasteiger partial charge in [-0.3, -0.25) is 4.79 Å². The van der Waals surface area contributed by atoms with E-state index in [2.05, 4.69) is 12.0 Å². The Balaban J connectivity index is 1.77. The Labute approximate surface area is 158 Å². The number of carbonyl (C=O) groups excluding carboxylic acids is 2. The number of esters is 1. The second kappa shape index (κ2) is 8.70. The molecule has 1 aliphatic heterocycles. The van der Waals surface area contributed by atoms with Gasteiger partial charge in [-0.2, -0.15) is 5.10 Å². The standard InChI is InChI=1S/C20H25N3O4/c1-3-26-20(25)19-17(13-23(21-19)16-10-5-4-6-11-16)27-14-18(24)22-12-8-7-9-15(22)2/h4-6,10-11,13,15H,3,7-9,12,14H2,1-2H3. The first-order valence-corrected chi connectivity index (χ1v) is 9.34. The van der Waals surface area contributed by atoms with Gasteiger partial charge in [0, 0.05) is 12.6 Å². The fraction of sp³-hybridized carbons (Fsp3) is 0.450. The normalized spacial score (nSPS) is 16.8. The van der Waals surface area contributed by atoms with E-state index in [1.807, 2.05) is 35.2 Å². The van der Waals surface area contributed by atoms with Crippen molar-refractivity contribution in [1.82, 2.24) is 14.7 Å². The zero-order chi connectivity index (χ0) is 19.2. The van der Waals surface area contributed by atoms with Crippen LogP contribution >= 0.6 is 0 Å². The van der Waals surface area contributed by atoms with Crippen LogP contribution in [0.25, 0.3) is 5.69 Å². The number of likely N-dealkylation sites (tertiary alicyclic amines) is 1. The van der Waals surface area contributed by atoms with Gasteiger partial charge in [-0.05, 0) is 45.2 Å². The Morgan fingerprint density at radius 1 is 1.22 bits per heavy atom. The fourth-order valence-electron chi connectivity index (χ4n) is 3.21. The summed E-state index contributed by atoms with van der Waals surface area (Å²) in [7, 11) is 0. The SMILES string of the molecule is CCOC(=O)c1nn(-c2ccccc2)cc1OCC(=O)N1CCCCC1C. The summed E-state index contributed by atoms with van der Waals surface area (Å²) in [6, 6.07) is 9.60. The number of nitrogens with zero attached hydrogens (tertiary/aromatic N) is 3. The highest BCUT2D eigenvalue weighted by Gasteiger charge is 2.25. The average molecular weight is 371 g/mol. The topological polar surface area (TPSA) is 73.7 Å². The van der Waals surface area contributed by atoms with Crippen molar-refractivity contribution in [2.75, 3.05) is 19.8 Å². The molecule has 1 aromatic carbocycles. The molecule has 1 unspecified atom stereocenters. The molecule has 0 saturated carbocycles. The molecule has 2 heterocycles. The molecule has 2 aromatic rings. The Hall–Kier alpha value is -2.83. The van der Waals surface area contributed by atoms with Crippen molar-refractivity contribution in [3.63, 3.8) is 0 Å². The number of piperidine rings is 1. The van der Waals surface area contributed by atoms with Gasteiger partial charge in [-0.1, -0.05) is 18.2 Å². The van der Waals surface area contributed by atoms with Gasteiger partial charge < -0.3 is 14.4 Å². The van der Waals surface area contributed by atoms with Crippen LogP contribution in [0.3, 0.4) is 0 Å². The summed E-state index contributed by atoms with van der Waals surface area (Å²) >= 11 is 0. The van der Waals surface area contributed by atoms with Crippen LogP contribution in [-0.2, 0) is 9.53 Å². The summed E-state index contributed by atoms with van der Waals surface area (Å²) < 4.78 is 12.3. The summed E-state index contributed by atoms with van der Waals surface area (Å²) in [4.78, 5) is 26.6. The number of benzene rings is 1. The minimum absolute atomic E-state index is 0.0696. The number of para-hydroxylation sites is 1. The molecule has 7 nitrogen and oxygen atoms in total. The summed E-state index contributed by atoms with van der Waals surface area (Å²) in [6.45, 7) is 4.64. The Bertz CT molecular complexity index is 788. The third kappa shape index (κ3) is 4.48. The molecule has 144 valence electrons. The molecular formula is C20H25N3O4. The van der Waals surface area contributed by atoms with Crippen LogP contribution in [0.15, 0.2) is 36.5 Å². The number of ether oxygens (including phenoxy) is 2. The lowest BCUT2D eigenvalue weighted by atomic mass is 10.0. The van der Waals surface area contributed by atoms with Crippen LogP contribution in [0, 0.1) is 0 Å². The van der Waals surface area contributed by atoms with Gasteiger partial charge in [0.05, 0.1) is 18.5 Å². The first-order chi connectivity index (χ1) is 13.1. The van der Waals surface area contributed by atoms with Gasteiger partial charge in [0.25, 0.3) is 5.91 Å². The van der Waals surface area contributed by atoms with E-state index in [1.165, 1.54) is 0 Å². The smallest absolute Gasteiger partial charge is 0.362 e. The molecule has 0 N–H and O–H groups in total. The van der Waals surface area contributed by atoms with E-state index < -0.39 is 5.97 Å². The van der Waals surface area contributed by atoms with Crippen molar-refractivity contribution in [3.8, 4) is 11.4 Å². The molecule has 1 aromatic heterocycles. The highest BCUT2D eigenvalue weighted by atomic mass is 16.5. The maximum absolute atomic E-state index is 12.5. The van der Waals surface area contributed by atoms with Crippen LogP contribution in [-0.4, -0.2) is 52.4 Å². The number of hydrogen-bond acceptors (Lipinski definition) is 5. The molecule has 3 rings (SSSR count). The molecule has 0 aliphatic carbocycles. The quantitative estimate of drug-likeness (QED) is 0.730. The maximum atomic E-state index is 12.5. The Kier molecular flexibility index (Phi) is 6.11. The van der Waals surface area contributed by atoms with Crippen LogP contribution in [0.5, 0.6) is 5.75 Å². The number of aromatic nitrogens is 2. The number of amides is 1. The van der Waals surface area contributed by atoms with Crippen molar-refractivity contribution in [3.05, 3.63) is 42.2 Å². The molecule has 1 amide bonds. The molecule has 0 bridgehead atoms. The molecule has 1 saturated heterocycles. The highest BCUT2D eigenvalue weighted by molar-refractivity contribution is 5.90. The second-order valence-electron chi connectivity index (χ2n) is 6.56. The molecule has 0 spiro atoms. The monoisotopic (exact) mass is 371 g/mol. The summed E-state index contributed by atoms with van der Waals surface area (Å²) in [5, 5.41) is 4.30. The van der Waals surface area contributed by atoms with E-state index in [1.54, 1.807) is 17.8 Å². The van der Waals surface area contributed by atoms with E-state index in [-0.39, 0.29) is 36.6 Å². The maximum Gasteiger partial charge on any atom is 0.362 e. The predicted octanol–water partition coefficient (Wildman–Crippen LogP) is 2.83. The first-order valence-electron chi connectivity index (χ1n) is 9.34. The highest BCUT2D eigenvalue weighted by Crippen LogP contribution is 2.22. The lowest BCUT2D eigenvalue weighted by molar-refractivity contribution is -0.136. The third-order valence-electron chi connectivity index (χ3n) is 4.64. The van der Waals surface area contributed by atoms with Crippen molar-refractivity contribution in [2.24, 2.45) is 0 Å². The first kappa shape index (κ1) is 18.9. The van der Waals surface area contributed by atoms with E-state index in [0.29, 0.717) is 0 Å². The summed E-state index contributed by atoms with van der Waals surface area (Å²) in [5.41, 5.74) is 0.856. The zero-order valence-corrected chi connectivity index (χ0v) is 15.8. The molecule has 1 aliphatic rings. The van der Waals surface area contributed by atoms with Crippen LogP contribution < -0.4 is 4.74 Å². The van der Waals surface area contributed by atoms with Gasteiger partial charge in [-0.15, -0.1) is 0 Å². The van der Waals surface area contributed by atoms with Gasteiger partial charge >= 0.3 is 5.97 Å². The second-order valence-corrected chi connectivity index (χ2v) is 6.56. The average Bonchev–Trinajstić information content (AvgIpc) is 3.12. The van der Waals surface area contributed by atoms with E-state index in [9.17, 15) is 9.59 Å². The van der Waals surface area contributed by atoms with E-state index in [0.717, 1.165) is 31.5 Å².